The predicted molar refractivity (Wildman–Crippen MR) is 101 cm³/mol. The molecule has 1 aliphatic heterocycles. The summed E-state index contributed by atoms with van der Waals surface area (Å²) >= 11 is 0. The van der Waals surface area contributed by atoms with E-state index in [1.807, 2.05) is 24.3 Å². The molecule has 4 nitrogen and oxygen atoms in total. The zero-order valence-electron chi connectivity index (χ0n) is 15.1. The van der Waals surface area contributed by atoms with Crippen LogP contribution in [0.3, 0.4) is 0 Å². The normalized spacial score (nSPS) is 19.5. The number of hydrogen-bond acceptors (Lipinski definition) is 3. The molecule has 0 amide bonds. The Morgan fingerprint density at radius 1 is 1.19 bits per heavy atom. The third-order valence-electron chi connectivity index (χ3n) is 4.84. The van der Waals surface area contributed by atoms with Crippen LogP contribution in [-0.2, 0) is 11.2 Å². The molecule has 0 spiro atoms. The minimum absolute atomic E-state index is 0.256. The van der Waals surface area contributed by atoms with Crippen molar-refractivity contribution in [2.75, 3.05) is 5.01 Å². The van der Waals surface area contributed by atoms with E-state index < -0.39 is 11.5 Å². The molecule has 3 rings (SSSR count). The lowest BCUT2D eigenvalue weighted by atomic mass is 9.92. The van der Waals surface area contributed by atoms with E-state index in [1.165, 1.54) is 17.7 Å². The van der Waals surface area contributed by atoms with Gasteiger partial charge in [-0.05, 0) is 55.2 Å². The molecule has 0 saturated carbocycles. The summed E-state index contributed by atoms with van der Waals surface area (Å²) in [4.78, 5) is 12.0. The summed E-state index contributed by atoms with van der Waals surface area (Å²) in [5.74, 6) is -1.26. The van der Waals surface area contributed by atoms with Crippen LogP contribution in [0.2, 0.25) is 0 Å². The monoisotopic (exact) mass is 354 g/mol. The highest BCUT2D eigenvalue weighted by Gasteiger charge is 2.46. The number of unbranched alkanes of at least 4 members (excludes halogenated alkanes) is 1. The summed E-state index contributed by atoms with van der Waals surface area (Å²) < 4.78 is 13.2. The van der Waals surface area contributed by atoms with E-state index in [1.54, 1.807) is 24.1 Å². The number of anilines is 1. The number of halogens is 1. The molecule has 0 aliphatic carbocycles. The smallest absolute Gasteiger partial charge is 0.331 e. The Morgan fingerprint density at radius 2 is 1.85 bits per heavy atom. The fourth-order valence-corrected chi connectivity index (χ4v) is 3.16. The Balaban J connectivity index is 1.93. The van der Waals surface area contributed by atoms with Crippen molar-refractivity contribution in [1.82, 2.24) is 0 Å². The molecule has 0 bridgehead atoms. The second-order valence-electron chi connectivity index (χ2n) is 6.89. The van der Waals surface area contributed by atoms with Gasteiger partial charge >= 0.3 is 5.97 Å². The first-order valence-electron chi connectivity index (χ1n) is 8.90. The van der Waals surface area contributed by atoms with E-state index in [-0.39, 0.29) is 12.2 Å². The van der Waals surface area contributed by atoms with Crippen LogP contribution in [0.1, 0.15) is 44.2 Å². The second kappa shape index (κ2) is 7.28. The number of carbonyl (C=O) groups is 1. The van der Waals surface area contributed by atoms with E-state index in [4.69, 9.17) is 0 Å². The Hall–Kier alpha value is -2.69. The number of aliphatic carboxylic acids is 1. The highest BCUT2D eigenvalue weighted by Crippen LogP contribution is 2.35. The van der Waals surface area contributed by atoms with E-state index in [0.29, 0.717) is 5.71 Å². The molecule has 0 aromatic heterocycles. The molecule has 5 heteroatoms. The molecule has 0 radical (unpaired) electrons. The van der Waals surface area contributed by atoms with Gasteiger partial charge in [-0.15, -0.1) is 0 Å². The first-order chi connectivity index (χ1) is 12.4. The van der Waals surface area contributed by atoms with Crippen molar-refractivity contribution in [3.63, 3.8) is 0 Å². The molecule has 1 N–H and O–H groups in total. The molecular weight excluding hydrogens is 331 g/mol. The van der Waals surface area contributed by atoms with Crippen molar-refractivity contribution in [3.8, 4) is 0 Å². The highest BCUT2D eigenvalue weighted by molar-refractivity contribution is 6.07. The van der Waals surface area contributed by atoms with Gasteiger partial charge in [-0.25, -0.2) is 14.2 Å². The van der Waals surface area contributed by atoms with Gasteiger partial charge in [0.2, 0.25) is 0 Å². The van der Waals surface area contributed by atoms with Crippen molar-refractivity contribution in [3.05, 3.63) is 65.5 Å². The first kappa shape index (κ1) is 18.1. The number of hydrazone groups is 1. The van der Waals surface area contributed by atoms with Crippen LogP contribution < -0.4 is 5.01 Å². The molecule has 0 fully saturated rings. The minimum atomic E-state index is -1.17. The van der Waals surface area contributed by atoms with Crippen LogP contribution in [0, 0.1) is 5.82 Å². The van der Waals surface area contributed by atoms with Gasteiger partial charge in [0.25, 0.3) is 0 Å². The molecule has 26 heavy (non-hydrogen) atoms. The van der Waals surface area contributed by atoms with Gasteiger partial charge in [0, 0.05) is 6.42 Å². The van der Waals surface area contributed by atoms with Crippen LogP contribution >= 0.6 is 0 Å². The van der Waals surface area contributed by atoms with Crippen molar-refractivity contribution in [2.24, 2.45) is 5.10 Å². The molecule has 1 heterocycles. The van der Waals surface area contributed by atoms with Crippen LogP contribution in [0.4, 0.5) is 10.1 Å². The van der Waals surface area contributed by atoms with E-state index in [2.05, 4.69) is 12.0 Å². The molecule has 1 aliphatic rings. The maximum atomic E-state index is 13.2. The van der Waals surface area contributed by atoms with E-state index in [9.17, 15) is 14.3 Å². The molecule has 2 aromatic carbocycles. The number of benzene rings is 2. The summed E-state index contributed by atoms with van der Waals surface area (Å²) in [6.07, 6.45) is 3.53. The van der Waals surface area contributed by atoms with Crippen molar-refractivity contribution < 1.29 is 14.3 Å². The zero-order chi connectivity index (χ0) is 18.7. The van der Waals surface area contributed by atoms with Gasteiger partial charge in [0.1, 0.15) is 5.82 Å². The fraction of sp³-hybridized carbons (Fsp3) is 0.333. The lowest BCUT2D eigenvalue weighted by Gasteiger charge is -2.30. The summed E-state index contributed by atoms with van der Waals surface area (Å²) in [5.41, 5.74) is 2.18. The van der Waals surface area contributed by atoms with Gasteiger partial charge in [-0.1, -0.05) is 37.6 Å². The number of nitrogens with zero attached hydrogens (tertiary/aromatic N) is 2. The summed E-state index contributed by atoms with van der Waals surface area (Å²) in [6.45, 7) is 3.82. The molecule has 1 atom stereocenters. The van der Waals surface area contributed by atoms with Crippen LogP contribution in [0.15, 0.2) is 53.6 Å². The number of carboxylic acid groups (broad SMARTS) is 1. The summed E-state index contributed by atoms with van der Waals surface area (Å²) in [6, 6.07) is 13.9. The highest BCUT2D eigenvalue weighted by atomic mass is 19.1. The van der Waals surface area contributed by atoms with Gasteiger partial charge in [-0.2, -0.15) is 5.10 Å². The van der Waals surface area contributed by atoms with Gasteiger partial charge in [0.15, 0.2) is 5.54 Å². The minimum Gasteiger partial charge on any atom is -0.479 e. The Kier molecular flexibility index (Phi) is 5.07. The SMILES string of the molecule is CCCCc1ccc(N2N=C(c3ccc(F)cc3)CC2(C)C(=O)O)cc1. The van der Waals surface area contributed by atoms with Gasteiger partial charge in [-0.3, -0.25) is 0 Å². The third-order valence-corrected chi connectivity index (χ3v) is 4.84. The standard InChI is InChI=1S/C21H23FN2O2/c1-3-4-5-15-6-12-18(13-7-15)24-21(2,20(25)26)14-19(23-24)16-8-10-17(22)11-9-16/h6-13H,3-5,14H2,1-2H3,(H,25,26). The maximum Gasteiger partial charge on any atom is 0.331 e. The van der Waals surface area contributed by atoms with E-state index in [0.717, 1.165) is 30.5 Å². The van der Waals surface area contributed by atoms with Crippen molar-refractivity contribution in [1.29, 1.82) is 0 Å². The molecule has 0 saturated heterocycles. The largest absolute Gasteiger partial charge is 0.479 e. The van der Waals surface area contributed by atoms with Crippen LogP contribution in [-0.4, -0.2) is 22.3 Å². The number of aryl methyl sites for hydroxylation is 1. The quantitative estimate of drug-likeness (QED) is 0.823. The van der Waals surface area contributed by atoms with Crippen molar-refractivity contribution >= 4 is 17.4 Å². The predicted octanol–water partition coefficient (Wildman–Crippen LogP) is 4.63. The fourth-order valence-electron chi connectivity index (χ4n) is 3.16. The number of hydrogen-bond donors (Lipinski definition) is 1. The first-order valence-corrected chi connectivity index (χ1v) is 8.90. The second-order valence-corrected chi connectivity index (χ2v) is 6.89. The molecule has 136 valence electrons. The summed E-state index contributed by atoms with van der Waals surface area (Å²) in [5, 5.41) is 15.9. The topological polar surface area (TPSA) is 52.9 Å². The molecular formula is C21H23FN2O2. The summed E-state index contributed by atoms with van der Waals surface area (Å²) in [7, 11) is 0. The average molecular weight is 354 g/mol. The molecule has 2 aromatic rings. The van der Waals surface area contributed by atoms with Gasteiger partial charge < -0.3 is 5.11 Å². The van der Waals surface area contributed by atoms with Crippen LogP contribution in [0.25, 0.3) is 0 Å². The average Bonchev–Trinajstić information content (AvgIpc) is 3.00. The van der Waals surface area contributed by atoms with Crippen molar-refractivity contribution in [2.45, 2.75) is 45.1 Å². The maximum absolute atomic E-state index is 13.2. The number of rotatable bonds is 6. The zero-order valence-corrected chi connectivity index (χ0v) is 15.1. The Bertz CT molecular complexity index is 815. The Labute approximate surface area is 153 Å². The van der Waals surface area contributed by atoms with Gasteiger partial charge in [0.05, 0.1) is 11.4 Å². The lowest BCUT2D eigenvalue weighted by Crippen LogP contribution is -2.47. The van der Waals surface area contributed by atoms with Crippen LogP contribution in [0.5, 0.6) is 0 Å². The molecule has 1 unspecified atom stereocenters. The lowest BCUT2D eigenvalue weighted by molar-refractivity contribution is -0.142. The Morgan fingerprint density at radius 3 is 2.42 bits per heavy atom. The third kappa shape index (κ3) is 3.47. The van der Waals surface area contributed by atoms with E-state index >= 15 is 0 Å². The number of carboxylic acids is 1.